The molecule has 0 N–H and O–H groups in total. The van der Waals surface area contributed by atoms with E-state index in [1.807, 2.05) is 13.8 Å². The Morgan fingerprint density at radius 1 is 0.806 bits per heavy atom. The molecule has 0 aliphatic heterocycles. The van der Waals surface area contributed by atoms with Crippen molar-refractivity contribution in [1.29, 1.82) is 0 Å². The molecule has 0 heterocycles. The van der Waals surface area contributed by atoms with Crippen molar-refractivity contribution < 1.29 is 19.1 Å². The normalized spacial score (nSPS) is 11.9. The van der Waals surface area contributed by atoms with Gasteiger partial charge < -0.3 is 9.47 Å². The van der Waals surface area contributed by atoms with Crippen molar-refractivity contribution >= 4 is 12.1 Å². The van der Waals surface area contributed by atoms with E-state index in [0.29, 0.717) is 6.61 Å². The minimum Gasteiger partial charge on any atom is -0.464 e. The summed E-state index contributed by atoms with van der Waals surface area (Å²) in [4.78, 5) is 25.8. The lowest BCUT2D eigenvalue weighted by Gasteiger charge is -2.28. The molecule has 1 unspecified atom stereocenters. The largest absolute Gasteiger partial charge is 0.464 e. The monoisotopic (exact) mass is 439 g/mol. The van der Waals surface area contributed by atoms with E-state index in [4.69, 9.17) is 9.47 Å². The zero-order chi connectivity index (χ0) is 23.3. The standard InChI is InChI=1S/C26H49NO4/c1-6-8-9-10-11-12-13-14-15-16-17-18-19-20-22-30-25(28)24(23(3)4)27(5)26(29)31-21-7-2/h7,23-24H,2,6,8-22H2,1,3-5H3. The van der Waals surface area contributed by atoms with Gasteiger partial charge in [-0.05, 0) is 12.3 Å². The number of carbonyl (C=O) groups is 2. The molecule has 0 aromatic heterocycles. The number of hydrogen-bond donors (Lipinski definition) is 0. The summed E-state index contributed by atoms with van der Waals surface area (Å²) in [5, 5.41) is 0. The fourth-order valence-corrected chi connectivity index (χ4v) is 3.78. The molecule has 0 aromatic rings. The molecule has 1 amide bonds. The minimum absolute atomic E-state index is 0.0508. The van der Waals surface area contributed by atoms with Crippen molar-refractivity contribution in [2.75, 3.05) is 20.3 Å². The Labute approximate surface area is 191 Å². The third-order valence-corrected chi connectivity index (χ3v) is 5.65. The molecule has 0 aliphatic carbocycles. The van der Waals surface area contributed by atoms with E-state index in [0.717, 1.165) is 12.8 Å². The van der Waals surface area contributed by atoms with Crippen LogP contribution >= 0.6 is 0 Å². The summed E-state index contributed by atoms with van der Waals surface area (Å²) in [5.74, 6) is -0.409. The van der Waals surface area contributed by atoms with E-state index in [1.165, 1.54) is 88.0 Å². The second-order valence-electron chi connectivity index (χ2n) is 8.93. The van der Waals surface area contributed by atoms with Gasteiger partial charge in [-0.3, -0.25) is 4.90 Å². The summed E-state index contributed by atoms with van der Waals surface area (Å²) >= 11 is 0. The van der Waals surface area contributed by atoms with Crippen LogP contribution in [0.5, 0.6) is 0 Å². The van der Waals surface area contributed by atoms with E-state index in [9.17, 15) is 9.59 Å². The second-order valence-corrected chi connectivity index (χ2v) is 8.93. The topological polar surface area (TPSA) is 55.8 Å². The second kappa shape index (κ2) is 20.4. The lowest BCUT2D eigenvalue weighted by molar-refractivity contribution is -0.150. The molecule has 0 aliphatic rings. The molecule has 31 heavy (non-hydrogen) atoms. The first-order valence-electron chi connectivity index (χ1n) is 12.6. The molecule has 0 spiro atoms. The molecule has 0 bridgehead atoms. The minimum atomic E-state index is -0.635. The number of unbranched alkanes of at least 4 members (excludes halogenated alkanes) is 13. The van der Waals surface area contributed by atoms with E-state index in [1.54, 1.807) is 7.05 Å². The average Bonchev–Trinajstić information content (AvgIpc) is 2.74. The Balaban J connectivity index is 3.74. The maximum atomic E-state index is 12.4. The molecule has 5 heteroatoms. The van der Waals surface area contributed by atoms with E-state index in [2.05, 4.69) is 13.5 Å². The van der Waals surface area contributed by atoms with Crippen LogP contribution < -0.4 is 0 Å². The average molecular weight is 440 g/mol. The summed E-state index contributed by atoms with van der Waals surface area (Å²) in [7, 11) is 1.57. The fraction of sp³-hybridized carbons (Fsp3) is 0.846. The van der Waals surface area contributed by atoms with Gasteiger partial charge in [0, 0.05) is 7.05 Å². The maximum absolute atomic E-state index is 12.4. The van der Waals surface area contributed by atoms with Gasteiger partial charge in [-0.2, -0.15) is 0 Å². The van der Waals surface area contributed by atoms with Crippen molar-refractivity contribution in [3.8, 4) is 0 Å². The summed E-state index contributed by atoms with van der Waals surface area (Å²) in [6.45, 7) is 10.1. The van der Waals surface area contributed by atoms with E-state index < -0.39 is 12.1 Å². The number of amides is 1. The molecule has 5 nitrogen and oxygen atoms in total. The first kappa shape index (κ1) is 29.5. The quantitative estimate of drug-likeness (QED) is 0.113. The van der Waals surface area contributed by atoms with Crippen molar-refractivity contribution in [1.82, 2.24) is 4.90 Å². The summed E-state index contributed by atoms with van der Waals surface area (Å²) in [5.41, 5.74) is 0. The lowest BCUT2D eigenvalue weighted by Crippen LogP contribution is -2.46. The summed E-state index contributed by atoms with van der Waals surface area (Å²) < 4.78 is 10.5. The Kier molecular flexibility index (Phi) is 19.4. The SMILES string of the molecule is C=CCOC(=O)N(C)C(C(=O)OCCCCCCCCCCCCCCCC)C(C)C. The Hall–Kier alpha value is -1.52. The highest BCUT2D eigenvalue weighted by Crippen LogP contribution is 2.15. The smallest absolute Gasteiger partial charge is 0.410 e. The van der Waals surface area contributed by atoms with Gasteiger partial charge in [0.25, 0.3) is 0 Å². The molecule has 0 saturated heterocycles. The number of hydrogen-bond acceptors (Lipinski definition) is 4. The zero-order valence-corrected chi connectivity index (χ0v) is 20.8. The summed E-state index contributed by atoms with van der Waals surface area (Å²) in [6, 6.07) is -0.635. The van der Waals surface area contributed by atoms with Crippen LogP contribution in [-0.4, -0.2) is 43.3 Å². The first-order valence-corrected chi connectivity index (χ1v) is 12.6. The number of ether oxygens (including phenoxy) is 2. The van der Waals surface area contributed by atoms with Crippen LogP contribution in [0, 0.1) is 5.92 Å². The van der Waals surface area contributed by atoms with Gasteiger partial charge in [0.1, 0.15) is 12.6 Å². The number of rotatable bonds is 20. The molecule has 0 fully saturated rings. The van der Waals surface area contributed by atoms with E-state index in [-0.39, 0.29) is 18.5 Å². The van der Waals surface area contributed by atoms with Crippen LogP contribution in [0.2, 0.25) is 0 Å². The predicted molar refractivity (Wildman–Crippen MR) is 129 cm³/mol. The van der Waals surface area contributed by atoms with Crippen molar-refractivity contribution in [2.45, 2.75) is 117 Å². The van der Waals surface area contributed by atoms with Gasteiger partial charge >= 0.3 is 12.1 Å². The van der Waals surface area contributed by atoms with Gasteiger partial charge in [-0.1, -0.05) is 117 Å². The van der Waals surface area contributed by atoms with Crippen molar-refractivity contribution in [2.24, 2.45) is 5.92 Å². The van der Waals surface area contributed by atoms with Gasteiger partial charge in [-0.15, -0.1) is 0 Å². The Bertz CT molecular complexity index is 464. The highest BCUT2D eigenvalue weighted by Gasteiger charge is 2.31. The lowest BCUT2D eigenvalue weighted by atomic mass is 10.0. The zero-order valence-electron chi connectivity index (χ0n) is 20.8. The molecule has 1 atom stereocenters. The molecular weight excluding hydrogens is 390 g/mol. The van der Waals surface area contributed by atoms with Gasteiger partial charge in [0.15, 0.2) is 0 Å². The molecular formula is C26H49NO4. The Morgan fingerprint density at radius 3 is 1.68 bits per heavy atom. The molecule has 0 rings (SSSR count). The van der Waals surface area contributed by atoms with Crippen LogP contribution in [0.15, 0.2) is 12.7 Å². The van der Waals surface area contributed by atoms with Gasteiger partial charge in [0.2, 0.25) is 0 Å². The van der Waals surface area contributed by atoms with Crippen LogP contribution in [0.3, 0.4) is 0 Å². The predicted octanol–water partition coefficient (Wildman–Crippen LogP) is 7.29. The first-order chi connectivity index (χ1) is 15.0. The third kappa shape index (κ3) is 15.9. The molecule has 0 aromatic carbocycles. The molecule has 0 radical (unpaired) electrons. The summed E-state index contributed by atoms with van der Waals surface area (Å²) in [6.07, 6.45) is 19.1. The number of carbonyl (C=O) groups excluding carboxylic acids is 2. The van der Waals surface area contributed by atoms with Gasteiger partial charge in [0.05, 0.1) is 6.61 Å². The maximum Gasteiger partial charge on any atom is 0.410 e. The van der Waals surface area contributed by atoms with Crippen LogP contribution in [-0.2, 0) is 14.3 Å². The van der Waals surface area contributed by atoms with E-state index >= 15 is 0 Å². The highest BCUT2D eigenvalue weighted by molar-refractivity contribution is 5.81. The number of nitrogens with zero attached hydrogens (tertiary/aromatic N) is 1. The fourth-order valence-electron chi connectivity index (χ4n) is 3.78. The molecule has 182 valence electrons. The number of likely N-dealkylation sites (N-methyl/N-ethyl adjacent to an activating group) is 1. The van der Waals surface area contributed by atoms with Crippen molar-refractivity contribution in [3.63, 3.8) is 0 Å². The third-order valence-electron chi connectivity index (χ3n) is 5.65. The molecule has 0 saturated carbocycles. The van der Waals surface area contributed by atoms with Crippen LogP contribution in [0.1, 0.15) is 111 Å². The van der Waals surface area contributed by atoms with Gasteiger partial charge in [-0.25, -0.2) is 9.59 Å². The van der Waals surface area contributed by atoms with Crippen LogP contribution in [0.4, 0.5) is 4.79 Å². The van der Waals surface area contributed by atoms with Crippen LogP contribution in [0.25, 0.3) is 0 Å². The van der Waals surface area contributed by atoms with Crippen molar-refractivity contribution in [3.05, 3.63) is 12.7 Å². The highest BCUT2D eigenvalue weighted by atomic mass is 16.6. The number of esters is 1. The Morgan fingerprint density at radius 2 is 1.26 bits per heavy atom.